The van der Waals surface area contributed by atoms with Crippen molar-refractivity contribution >= 4 is 19.7 Å². The van der Waals surface area contributed by atoms with Crippen LogP contribution in [0.5, 0.6) is 0 Å². The fourth-order valence-electron chi connectivity index (χ4n) is 8.85. The molecule has 10 heteroatoms. The Morgan fingerprint density at radius 1 is 0.493 bits per heavy atom. The second-order valence-electron chi connectivity index (χ2n) is 22.2. The molecule has 3 unspecified atom stereocenters. The van der Waals surface area contributed by atoms with Gasteiger partial charge in [-0.15, -0.1) is 0 Å². The number of carbonyl (C=O) groups is 2. The Balaban J connectivity index is 5.07. The van der Waals surface area contributed by atoms with Gasteiger partial charge in [-0.1, -0.05) is 255 Å². The molecular formula is C65H119N2O7P. The molecule has 0 aliphatic heterocycles. The molecule has 9 nitrogen and oxygen atoms in total. The molecule has 0 aliphatic rings. The van der Waals surface area contributed by atoms with Gasteiger partial charge in [0.25, 0.3) is 7.82 Å². The Morgan fingerprint density at radius 3 is 1.40 bits per heavy atom. The van der Waals surface area contributed by atoms with Gasteiger partial charge in [-0.2, -0.15) is 0 Å². The highest BCUT2D eigenvalue weighted by Crippen LogP contribution is 2.38. The Morgan fingerprint density at radius 2 is 0.907 bits per heavy atom. The number of hydrogen-bond acceptors (Lipinski definition) is 7. The van der Waals surface area contributed by atoms with Crippen molar-refractivity contribution in [1.29, 1.82) is 0 Å². The summed E-state index contributed by atoms with van der Waals surface area (Å²) in [4.78, 5) is 39.9. The van der Waals surface area contributed by atoms with Gasteiger partial charge in [-0.05, 0) is 83.1 Å². The summed E-state index contributed by atoms with van der Waals surface area (Å²) in [5, 5.41) is 3.01. The number of allylic oxidation sites excluding steroid dienone is 11. The minimum Gasteiger partial charge on any atom is -0.756 e. The van der Waals surface area contributed by atoms with E-state index in [1.54, 1.807) is 0 Å². The molecule has 3 atom stereocenters. The molecule has 75 heavy (non-hydrogen) atoms. The molecule has 0 radical (unpaired) electrons. The number of phosphoric acid groups is 1. The van der Waals surface area contributed by atoms with Crippen molar-refractivity contribution in [2.75, 3.05) is 40.9 Å². The van der Waals surface area contributed by atoms with E-state index in [4.69, 9.17) is 13.8 Å². The van der Waals surface area contributed by atoms with Crippen LogP contribution in [0, 0.1) is 0 Å². The van der Waals surface area contributed by atoms with Crippen molar-refractivity contribution in [1.82, 2.24) is 5.32 Å². The van der Waals surface area contributed by atoms with Crippen LogP contribution in [0.1, 0.15) is 278 Å². The lowest BCUT2D eigenvalue weighted by molar-refractivity contribution is -0.870. The highest BCUT2D eigenvalue weighted by molar-refractivity contribution is 7.45. The van der Waals surface area contributed by atoms with Crippen molar-refractivity contribution in [3.63, 3.8) is 0 Å². The van der Waals surface area contributed by atoms with Crippen LogP contribution in [0.4, 0.5) is 0 Å². The zero-order valence-electron chi connectivity index (χ0n) is 49.7. The number of hydrogen-bond donors (Lipinski definition) is 1. The number of nitrogens with zero attached hydrogens (tertiary/aromatic N) is 1. The number of likely N-dealkylation sites (N-methyl/N-ethyl adjacent to an activating group) is 1. The number of phosphoric ester groups is 1. The summed E-state index contributed by atoms with van der Waals surface area (Å²) in [5.41, 5.74) is 0. The third-order valence-corrected chi connectivity index (χ3v) is 14.6. The van der Waals surface area contributed by atoms with Crippen LogP contribution in [-0.4, -0.2) is 69.4 Å². The summed E-state index contributed by atoms with van der Waals surface area (Å²) < 4.78 is 30.3. The first-order chi connectivity index (χ1) is 36.4. The van der Waals surface area contributed by atoms with Crippen molar-refractivity contribution < 1.29 is 37.3 Å². The Kier molecular flexibility index (Phi) is 52.9. The van der Waals surface area contributed by atoms with E-state index in [1.165, 1.54) is 154 Å². The van der Waals surface area contributed by atoms with Crippen molar-refractivity contribution in [2.24, 2.45) is 0 Å². The molecule has 436 valence electrons. The van der Waals surface area contributed by atoms with Gasteiger partial charge in [0.05, 0.1) is 33.8 Å². The van der Waals surface area contributed by atoms with Gasteiger partial charge < -0.3 is 28.5 Å². The van der Waals surface area contributed by atoms with Crippen LogP contribution < -0.4 is 10.2 Å². The first-order valence-electron chi connectivity index (χ1n) is 31.3. The van der Waals surface area contributed by atoms with Crippen LogP contribution in [0.15, 0.2) is 72.9 Å². The third kappa shape index (κ3) is 56.0. The molecule has 0 saturated carbocycles. The molecule has 0 spiro atoms. The van der Waals surface area contributed by atoms with Gasteiger partial charge in [0.15, 0.2) is 0 Å². The third-order valence-electron chi connectivity index (χ3n) is 13.7. The highest BCUT2D eigenvalue weighted by Gasteiger charge is 2.27. The van der Waals surface area contributed by atoms with Crippen LogP contribution in [0.25, 0.3) is 0 Å². The van der Waals surface area contributed by atoms with Crippen LogP contribution in [-0.2, 0) is 27.9 Å². The largest absolute Gasteiger partial charge is 0.756 e. The maximum absolute atomic E-state index is 13.5. The van der Waals surface area contributed by atoms with E-state index in [2.05, 4.69) is 80.8 Å². The molecular weight excluding hydrogens is 952 g/mol. The van der Waals surface area contributed by atoms with E-state index in [0.29, 0.717) is 23.9 Å². The van der Waals surface area contributed by atoms with E-state index in [9.17, 15) is 19.0 Å². The lowest BCUT2D eigenvalue weighted by Crippen LogP contribution is -2.47. The van der Waals surface area contributed by atoms with Gasteiger partial charge in [0.1, 0.15) is 19.3 Å². The molecule has 0 bridgehead atoms. The normalized spacial score (nSPS) is 14.2. The van der Waals surface area contributed by atoms with Crippen LogP contribution in [0.2, 0.25) is 0 Å². The van der Waals surface area contributed by atoms with Crippen LogP contribution >= 0.6 is 7.82 Å². The summed E-state index contributed by atoms with van der Waals surface area (Å²) in [6.07, 6.45) is 70.3. The van der Waals surface area contributed by atoms with Crippen molar-refractivity contribution in [2.45, 2.75) is 290 Å². The molecule has 1 amide bonds. The number of quaternary nitrogens is 1. The zero-order chi connectivity index (χ0) is 55.0. The first kappa shape index (κ1) is 72.5. The number of amides is 1. The Hall–Kier alpha value is -2.55. The van der Waals surface area contributed by atoms with E-state index >= 15 is 0 Å². The van der Waals surface area contributed by atoms with Gasteiger partial charge >= 0.3 is 5.97 Å². The molecule has 0 aromatic rings. The fourth-order valence-corrected chi connectivity index (χ4v) is 9.57. The van der Waals surface area contributed by atoms with E-state index in [0.717, 1.165) is 83.5 Å². The number of rotatable bonds is 56. The molecule has 0 aliphatic carbocycles. The van der Waals surface area contributed by atoms with Gasteiger partial charge in [-0.25, -0.2) is 0 Å². The molecule has 0 aromatic carbocycles. The Bertz CT molecular complexity index is 1510. The zero-order valence-corrected chi connectivity index (χ0v) is 50.6. The first-order valence-corrected chi connectivity index (χ1v) is 32.7. The minimum absolute atomic E-state index is 0.0282. The molecule has 0 heterocycles. The summed E-state index contributed by atoms with van der Waals surface area (Å²) in [7, 11) is 1.17. The second kappa shape index (κ2) is 54.8. The van der Waals surface area contributed by atoms with Crippen molar-refractivity contribution in [3.05, 3.63) is 72.9 Å². The maximum Gasteiger partial charge on any atom is 0.306 e. The fraction of sp³-hybridized carbons (Fsp3) is 0.785. The summed E-state index contributed by atoms with van der Waals surface area (Å²) in [5.74, 6) is -0.563. The smallest absolute Gasteiger partial charge is 0.306 e. The number of esters is 1. The predicted octanol–water partition coefficient (Wildman–Crippen LogP) is 18.6. The van der Waals surface area contributed by atoms with Gasteiger partial charge in [0.2, 0.25) is 5.91 Å². The topological polar surface area (TPSA) is 114 Å². The molecule has 0 fully saturated rings. The second-order valence-corrected chi connectivity index (χ2v) is 23.6. The summed E-state index contributed by atoms with van der Waals surface area (Å²) in [6.45, 7) is 6.67. The lowest BCUT2D eigenvalue weighted by atomic mass is 10.0. The number of unbranched alkanes of at least 4 members (excludes halogenated alkanes) is 32. The molecule has 1 N–H and O–H groups in total. The SMILES string of the molecule is CC/C=C/C=C/C=C\CCCCCCCC(=O)NC(COP(=O)([O-])OCC[N+](C)(C)C)C(/C=C\CCCCCCCCCCC)OC(=O)CCCCCCCCCCCCCCCCC/C=C\C/C=C\CCCCC. The average molecular weight is 1070 g/mol. The predicted molar refractivity (Wildman–Crippen MR) is 321 cm³/mol. The van der Waals surface area contributed by atoms with Gasteiger partial charge in [-0.3, -0.25) is 14.2 Å². The number of carbonyl (C=O) groups excluding carboxylic acids is 2. The quantitative estimate of drug-likeness (QED) is 0.0161. The number of nitrogens with one attached hydrogen (secondary N) is 1. The molecule has 0 saturated heterocycles. The maximum atomic E-state index is 13.5. The summed E-state index contributed by atoms with van der Waals surface area (Å²) >= 11 is 0. The van der Waals surface area contributed by atoms with Crippen LogP contribution in [0.3, 0.4) is 0 Å². The Labute approximate surface area is 463 Å². The lowest BCUT2D eigenvalue weighted by Gasteiger charge is -2.30. The summed E-state index contributed by atoms with van der Waals surface area (Å²) in [6, 6.07) is -0.899. The van der Waals surface area contributed by atoms with E-state index in [-0.39, 0.29) is 24.9 Å². The monoisotopic (exact) mass is 1070 g/mol. The standard InChI is InChI=1S/C65H119N2O7P/c1-7-10-13-16-19-22-25-27-28-29-30-31-32-33-34-35-36-37-38-40-43-46-49-52-55-58-65(69)74-63(56-53-50-47-44-41-24-21-18-15-12-9-3)62(61-73-75(70,71)72-60-59-67(4,5)6)66-64(68)57-54-51-48-45-42-39-26-23-20-17-14-11-8-2/h11,14,17,19-20,22-23,26-28,53,56,62-63H,7-10,12-13,15-16,18,21,24-25,29-52,54-55,57-61H2,1-6H3,(H-,66,68,70,71)/b14-11+,20-17+,22-19-,26-23-,28-27-,56-53-. The molecule has 0 rings (SSSR count). The average Bonchev–Trinajstić information content (AvgIpc) is 3.37. The highest BCUT2D eigenvalue weighted by atomic mass is 31.2. The van der Waals surface area contributed by atoms with Gasteiger partial charge in [0, 0.05) is 12.8 Å². The van der Waals surface area contributed by atoms with E-state index < -0.39 is 26.6 Å². The molecule has 0 aromatic heterocycles. The minimum atomic E-state index is -4.70. The van der Waals surface area contributed by atoms with E-state index in [1.807, 2.05) is 39.4 Å². The van der Waals surface area contributed by atoms with Crippen molar-refractivity contribution in [3.8, 4) is 0 Å². The number of ether oxygens (including phenoxy) is 1.